The molecule has 1 saturated heterocycles. The van der Waals surface area contributed by atoms with Gasteiger partial charge in [0.2, 0.25) is 0 Å². The van der Waals surface area contributed by atoms with Gasteiger partial charge in [0.05, 0.1) is 30.0 Å². The largest absolute Gasteiger partial charge is 0.395 e. The van der Waals surface area contributed by atoms with Gasteiger partial charge < -0.3 is 15.3 Å². The molecule has 2 aromatic rings. The van der Waals surface area contributed by atoms with Gasteiger partial charge in [-0.1, -0.05) is 0 Å². The van der Waals surface area contributed by atoms with Crippen LogP contribution in [0.1, 0.15) is 6.42 Å². The fourth-order valence-corrected chi connectivity index (χ4v) is 5.03. The van der Waals surface area contributed by atoms with E-state index in [9.17, 15) is 18.3 Å². The maximum Gasteiger partial charge on any atom is 0.322 e. The number of aliphatic hydroxyl groups is 1. The summed E-state index contributed by atoms with van der Waals surface area (Å²) in [4.78, 5) is 18.1. The summed E-state index contributed by atoms with van der Waals surface area (Å²) in [5.41, 5.74) is 1.04. The number of thiazole rings is 1. The lowest BCUT2D eigenvalue weighted by atomic mass is 10.2. The predicted octanol–water partition coefficient (Wildman–Crippen LogP) is 0.546. The third kappa shape index (κ3) is 3.57. The van der Waals surface area contributed by atoms with Gasteiger partial charge in [-0.3, -0.25) is 5.10 Å². The number of amides is 2. The molecule has 0 bridgehead atoms. The fraction of sp³-hybridized carbons (Fsp3) is 0.462. The Balaban J connectivity index is 1.76. The van der Waals surface area contributed by atoms with E-state index in [0.29, 0.717) is 22.8 Å². The number of aliphatic hydroxyl groups excluding tert-OH is 1. The quantitative estimate of drug-likeness (QED) is 0.704. The van der Waals surface area contributed by atoms with E-state index < -0.39 is 21.9 Å². The molecule has 0 spiro atoms. The summed E-state index contributed by atoms with van der Waals surface area (Å²) in [7, 11) is -3.13. The molecule has 3 heterocycles. The Morgan fingerprint density at radius 1 is 1.54 bits per heavy atom. The molecule has 0 aliphatic carbocycles. The van der Waals surface area contributed by atoms with E-state index in [1.807, 2.05) is 5.38 Å². The molecule has 1 aliphatic heterocycles. The van der Waals surface area contributed by atoms with Gasteiger partial charge >= 0.3 is 6.03 Å². The minimum absolute atomic E-state index is 0.0585. The predicted molar refractivity (Wildman–Crippen MR) is 89.6 cm³/mol. The number of nitrogens with one attached hydrogen (secondary N) is 2. The van der Waals surface area contributed by atoms with Crippen molar-refractivity contribution in [2.45, 2.75) is 12.5 Å². The van der Waals surface area contributed by atoms with Crippen LogP contribution in [0.25, 0.3) is 10.7 Å². The van der Waals surface area contributed by atoms with E-state index in [2.05, 4.69) is 20.5 Å². The Morgan fingerprint density at radius 2 is 2.38 bits per heavy atom. The molecule has 1 atom stereocenters. The van der Waals surface area contributed by atoms with Crippen molar-refractivity contribution < 1.29 is 18.3 Å². The molecule has 2 amide bonds. The Kier molecular flexibility index (Phi) is 4.83. The molecule has 0 radical (unpaired) electrons. The highest BCUT2D eigenvalue weighted by Gasteiger charge is 2.34. The third-order valence-electron chi connectivity index (χ3n) is 3.78. The first kappa shape index (κ1) is 16.9. The van der Waals surface area contributed by atoms with E-state index in [1.165, 1.54) is 22.4 Å². The van der Waals surface area contributed by atoms with Gasteiger partial charge in [-0.2, -0.15) is 5.10 Å². The van der Waals surface area contributed by atoms with Crippen molar-refractivity contribution in [1.82, 2.24) is 20.1 Å². The van der Waals surface area contributed by atoms with Crippen molar-refractivity contribution >= 4 is 32.9 Å². The van der Waals surface area contributed by atoms with Crippen LogP contribution in [0.4, 0.5) is 10.5 Å². The van der Waals surface area contributed by atoms with Crippen molar-refractivity contribution in [3.63, 3.8) is 0 Å². The third-order valence-corrected chi connectivity index (χ3v) is 6.32. The molecule has 1 aliphatic rings. The number of anilines is 1. The Hall–Kier alpha value is -1.98. The first-order valence-electron chi connectivity index (χ1n) is 7.32. The van der Waals surface area contributed by atoms with Crippen LogP contribution in [0.2, 0.25) is 0 Å². The summed E-state index contributed by atoms with van der Waals surface area (Å²) in [5.74, 6) is -0.0197. The maximum atomic E-state index is 12.6. The minimum atomic E-state index is -3.13. The van der Waals surface area contributed by atoms with Crippen molar-refractivity contribution in [3.8, 4) is 10.7 Å². The normalized spacial score (nSPS) is 19.3. The highest BCUT2D eigenvalue weighted by molar-refractivity contribution is 7.91. The molecule has 0 saturated carbocycles. The summed E-state index contributed by atoms with van der Waals surface area (Å²) in [5, 5.41) is 21.1. The molecule has 11 heteroatoms. The number of H-pyrrole nitrogens is 1. The molecular weight excluding hydrogens is 354 g/mol. The maximum absolute atomic E-state index is 12.6. The van der Waals surface area contributed by atoms with Gasteiger partial charge in [-0.05, 0) is 6.42 Å². The van der Waals surface area contributed by atoms with Crippen LogP contribution in [0, 0.1) is 0 Å². The number of hydrogen-bond acceptors (Lipinski definition) is 7. The van der Waals surface area contributed by atoms with Gasteiger partial charge in [0.25, 0.3) is 0 Å². The highest BCUT2D eigenvalue weighted by atomic mass is 32.2. The molecule has 2 aromatic heterocycles. The second-order valence-corrected chi connectivity index (χ2v) is 8.52. The molecule has 9 nitrogen and oxygen atoms in total. The van der Waals surface area contributed by atoms with Crippen LogP contribution < -0.4 is 5.32 Å². The first-order valence-corrected chi connectivity index (χ1v) is 10.0. The SMILES string of the molecule is O=C(Nc1cn[nH]c1-c1nccs1)N(CCO)C1CCS(=O)(=O)C1. The molecule has 0 aromatic carbocycles. The monoisotopic (exact) mass is 371 g/mol. The Labute approximate surface area is 142 Å². The van der Waals surface area contributed by atoms with Gasteiger partial charge in [0, 0.05) is 24.2 Å². The van der Waals surface area contributed by atoms with Gasteiger partial charge in [0.15, 0.2) is 9.84 Å². The van der Waals surface area contributed by atoms with Crippen LogP contribution in [-0.2, 0) is 9.84 Å². The van der Waals surface area contributed by atoms with Crippen LogP contribution in [0.3, 0.4) is 0 Å². The Bertz CT molecular complexity index is 802. The van der Waals surface area contributed by atoms with E-state index in [-0.39, 0.29) is 24.7 Å². The molecule has 130 valence electrons. The first-order chi connectivity index (χ1) is 11.5. The topological polar surface area (TPSA) is 128 Å². The van der Waals surface area contributed by atoms with Crippen molar-refractivity contribution in [2.75, 3.05) is 30.0 Å². The molecule has 1 unspecified atom stereocenters. The summed E-state index contributed by atoms with van der Waals surface area (Å²) >= 11 is 1.40. The number of nitrogens with zero attached hydrogens (tertiary/aromatic N) is 3. The zero-order chi connectivity index (χ0) is 17.2. The molecule has 3 N–H and O–H groups in total. The summed E-state index contributed by atoms with van der Waals surface area (Å²) < 4.78 is 23.3. The average molecular weight is 371 g/mol. The van der Waals surface area contributed by atoms with Crippen LogP contribution in [-0.4, -0.2) is 70.3 Å². The molecule has 24 heavy (non-hydrogen) atoms. The smallest absolute Gasteiger partial charge is 0.322 e. The second-order valence-electron chi connectivity index (χ2n) is 5.40. The van der Waals surface area contributed by atoms with Gasteiger partial charge in [0.1, 0.15) is 10.7 Å². The molecule has 1 fully saturated rings. The summed E-state index contributed by atoms with van der Waals surface area (Å²) in [6.45, 7) is -0.175. The summed E-state index contributed by atoms with van der Waals surface area (Å²) in [6.07, 6.45) is 3.49. The Morgan fingerprint density at radius 3 is 3.00 bits per heavy atom. The number of rotatable bonds is 5. The highest BCUT2D eigenvalue weighted by Crippen LogP contribution is 2.27. The number of sulfone groups is 1. The number of hydrogen-bond donors (Lipinski definition) is 3. The van der Waals surface area contributed by atoms with Gasteiger partial charge in [-0.25, -0.2) is 18.2 Å². The number of carbonyl (C=O) groups excluding carboxylic acids is 1. The number of aromatic nitrogens is 3. The lowest BCUT2D eigenvalue weighted by Crippen LogP contribution is -2.45. The van der Waals surface area contributed by atoms with Crippen LogP contribution in [0.5, 0.6) is 0 Å². The van der Waals surface area contributed by atoms with Crippen molar-refractivity contribution in [3.05, 3.63) is 17.8 Å². The van der Waals surface area contributed by atoms with Crippen molar-refractivity contribution in [2.24, 2.45) is 0 Å². The summed E-state index contributed by atoms with van der Waals surface area (Å²) in [6, 6.07) is -0.900. The van der Waals surface area contributed by atoms with E-state index in [0.717, 1.165) is 0 Å². The van der Waals surface area contributed by atoms with Gasteiger partial charge in [-0.15, -0.1) is 11.3 Å². The number of aromatic amines is 1. The second kappa shape index (κ2) is 6.87. The minimum Gasteiger partial charge on any atom is -0.395 e. The van der Waals surface area contributed by atoms with Crippen LogP contribution >= 0.6 is 11.3 Å². The fourth-order valence-electron chi connectivity index (χ4n) is 2.66. The number of carbonyl (C=O) groups is 1. The van der Waals surface area contributed by atoms with Crippen LogP contribution in [0.15, 0.2) is 17.8 Å². The molecule has 3 rings (SSSR count). The van der Waals surface area contributed by atoms with E-state index >= 15 is 0 Å². The lowest BCUT2D eigenvalue weighted by Gasteiger charge is -2.27. The van der Waals surface area contributed by atoms with E-state index in [1.54, 1.807) is 6.20 Å². The molecular formula is C13H17N5O4S2. The number of urea groups is 1. The zero-order valence-electron chi connectivity index (χ0n) is 12.7. The average Bonchev–Trinajstić information content (AvgIpc) is 3.24. The lowest BCUT2D eigenvalue weighted by molar-refractivity contribution is 0.169. The standard InChI is InChI=1S/C13H17N5O4S2/c19-4-3-18(9-1-6-24(21,22)8-9)13(20)16-10-7-15-17-11(10)12-14-2-5-23-12/h2,5,7,9,19H,1,3-4,6,8H2,(H,15,17)(H,16,20). The zero-order valence-corrected chi connectivity index (χ0v) is 14.3. The van der Waals surface area contributed by atoms with Crippen molar-refractivity contribution in [1.29, 1.82) is 0 Å². The van der Waals surface area contributed by atoms with E-state index in [4.69, 9.17) is 0 Å².